The number of halogens is 2. The Kier molecular flexibility index (Phi) is 5.91. The second-order valence-electron chi connectivity index (χ2n) is 5.13. The lowest BCUT2D eigenvalue weighted by Gasteiger charge is -2.23. The van der Waals surface area contributed by atoms with Gasteiger partial charge in [0.2, 0.25) is 10.0 Å². The zero-order valence-electron chi connectivity index (χ0n) is 12.2. The number of benzene rings is 1. The lowest BCUT2D eigenvalue weighted by Crippen LogP contribution is -2.39. The summed E-state index contributed by atoms with van der Waals surface area (Å²) < 4.78 is 31.9. The standard InChI is InChI=1S/C13H19ClN2O3S.ClH/c1-8(7-15)16(3)20(17,18)11-5-10-4-9(2)19-13(10)12(14)6-11;/h5-6,8-9H,4,7,15H2,1-3H3;1H. The highest BCUT2D eigenvalue weighted by Gasteiger charge is 2.29. The van der Waals surface area contributed by atoms with Gasteiger partial charge in [-0.05, 0) is 26.0 Å². The summed E-state index contributed by atoms with van der Waals surface area (Å²) in [6.45, 7) is 3.94. The van der Waals surface area contributed by atoms with Gasteiger partial charge in [-0.3, -0.25) is 0 Å². The van der Waals surface area contributed by atoms with Crippen LogP contribution in [0.2, 0.25) is 5.02 Å². The van der Waals surface area contributed by atoms with Crippen molar-refractivity contribution in [1.29, 1.82) is 0 Å². The van der Waals surface area contributed by atoms with Gasteiger partial charge in [-0.15, -0.1) is 12.4 Å². The number of fused-ring (bicyclic) bond motifs is 1. The average Bonchev–Trinajstić information content (AvgIpc) is 2.77. The van der Waals surface area contributed by atoms with Crippen molar-refractivity contribution >= 4 is 34.0 Å². The third-order valence-electron chi connectivity index (χ3n) is 3.56. The van der Waals surface area contributed by atoms with Gasteiger partial charge in [-0.25, -0.2) is 8.42 Å². The first-order valence-electron chi connectivity index (χ1n) is 6.44. The van der Waals surface area contributed by atoms with Crippen LogP contribution in [-0.4, -0.2) is 38.5 Å². The lowest BCUT2D eigenvalue weighted by molar-refractivity contribution is 0.255. The second-order valence-corrected chi connectivity index (χ2v) is 7.54. The van der Waals surface area contributed by atoms with Crippen LogP contribution in [0.5, 0.6) is 5.75 Å². The summed E-state index contributed by atoms with van der Waals surface area (Å²) in [7, 11) is -2.08. The molecule has 1 aliphatic rings. The number of nitrogens with two attached hydrogens (primary N) is 1. The molecule has 1 aliphatic heterocycles. The first-order chi connectivity index (χ1) is 9.27. The van der Waals surface area contributed by atoms with E-state index in [-0.39, 0.29) is 36.0 Å². The molecular weight excluding hydrogens is 335 g/mol. The Hall–Kier alpha value is -0.530. The zero-order chi connectivity index (χ0) is 15.1. The van der Waals surface area contributed by atoms with Gasteiger partial charge < -0.3 is 10.5 Å². The summed E-state index contributed by atoms with van der Waals surface area (Å²) >= 11 is 6.13. The smallest absolute Gasteiger partial charge is 0.243 e. The third-order valence-corrected chi connectivity index (χ3v) is 5.79. The molecule has 21 heavy (non-hydrogen) atoms. The number of hydrogen-bond donors (Lipinski definition) is 1. The van der Waals surface area contributed by atoms with Gasteiger partial charge in [0.15, 0.2) is 0 Å². The van der Waals surface area contributed by atoms with E-state index < -0.39 is 10.0 Å². The Bertz CT molecular complexity index is 622. The molecule has 120 valence electrons. The van der Waals surface area contributed by atoms with Gasteiger partial charge in [0.05, 0.1) is 9.92 Å². The fourth-order valence-corrected chi connectivity index (χ4v) is 3.96. The van der Waals surface area contributed by atoms with Gasteiger partial charge in [0, 0.05) is 31.6 Å². The van der Waals surface area contributed by atoms with Crippen molar-refractivity contribution in [3.05, 3.63) is 22.7 Å². The van der Waals surface area contributed by atoms with Crippen molar-refractivity contribution in [3.63, 3.8) is 0 Å². The highest BCUT2D eigenvalue weighted by atomic mass is 35.5. The van der Waals surface area contributed by atoms with Crippen LogP contribution >= 0.6 is 24.0 Å². The fourth-order valence-electron chi connectivity index (χ4n) is 2.16. The first-order valence-corrected chi connectivity index (χ1v) is 8.26. The minimum absolute atomic E-state index is 0. The normalized spacial score (nSPS) is 18.9. The molecule has 0 saturated heterocycles. The maximum Gasteiger partial charge on any atom is 0.243 e. The Balaban J connectivity index is 0.00000220. The quantitative estimate of drug-likeness (QED) is 0.897. The molecule has 1 aromatic rings. The molecule has 2 rings (SSSR count). The molecular formula is C13H20Cl2N2O3S. The van der Waals surface area contributed by atoms with Gasteiger partial charge in [0.1, 0.15) is 11.9 Å². The topological polar surface area (TPSA) is 72.6 Å². The number of likely N-dealkylation sites (N-methyl/N-ethyl adjacent to an activating group) is 1. The maximum atomic E-state index is 12.5. The summed E-state index contributed by atoms with van der Waals surface area (Å²) in [5.41, 5.74) is 6.36. The van der Waals surface area contributed by atoms with Crippen molar-refractivity contribution in [2.45, 2.75) is 37.3 Å². The Labute approximate surface area is 136 Å². The SMILES string of the molecule is CC1Cc2cc(S(=O)(=O)N(C)C(C)CN)cc(Cl)c2O1.Cl. The number of hydrogen-bond acceptors (Lipinski definition) is 4. The van der Waals surface area contributed by atoms with E-state index in [1.165, 1.54) is 17.4 Å². The number of rotatable bonds is 4. The molecule has 0 spiro atoms. The van der Waals surface area contributed by atoms with E-state index in [0.29, 0.717) is 17.2 Å². The minimum Gasteiger partial charge on any atom is -0.489 e. The highest BCUT2D eigenvalue weighted by Crippen LogP contribution is 2.38. The molecule has 0 saturated carbocycles. The molecule has 1 heterocycles. The second kappa shape index (κ2) is 6.71. The monoisotopic (exact) mass is 354 g/mol. The molecule has 0 radical (unpaired) electrons. The van der Waals surface area contributed by atoms with E-state index in [4.69, 9.17) is 22.1 Å². The molecule has 1 aromatic carbocycles. The van der Waals surface area contributed by atoms with E-state index in [0.717, 1.165) is 5.56 Å². The Morgan fingerprint density at radius 3 is 2.71 bits per heavy atom. The molecule has 0 fully saturated rings. The van der Waals surface area contributed by atoms with Crippen LogP contribution in [0.4, 0.5) is 0 Å². The maximum absolute atomic E-state index is 12.5. The van der Waals surface area contributed by atoms with Gasteiger partial charge >= 0.3 is 0 Å². The predicted octanol–water partition coefficient (Wildman–Crippen LogP) is 2.05. The van der Waals surface area contributed by atoms with E-state index in [9.17, 15) is 8.42 Å². The summed E-state index contributed by atoms with van der Waals surface area (Å²) in [6.07, 6.45) is 0.676. The molecule has 5 nitrogen and oxygen atoms in total. The van der Waals surface area contributed by atoms with Gasteiger partial charge in [-0.2, -0.15) is 4.31 Å². The van der Waals surface area contributed by atoms with Crippen molar-refractivity contribution < 1.29 is 13.2 Å². The number of nitrogens with zero attached hydrogens (tertiary/aromatic N) is 1. The van der Waals surface area contributed by atoms with Crippen LogP contribution in [-0.2, 0) is 16.4 Å². The molecule has 0 aromatic heterocycles. The van der Waals surface area contributed by atoms with Gasteiger partial charge in [0.25, 0.3) is 0 Å². The predicted molar refractivity (Wildman–Crippen MR) is 86.0 cm³/mol. The molecule has 0 bridgehead atoms. The summed E-state index contributed by atoms with van der Waals surface area (Å²) in [5, 5.41) is 0.333. The zero-order valence-corrected chi connectivity index (χ0v) is 14.6. The molecule has 2 atom stereocenters. The van der Waals surface area contributed by atoms with E-state index in [1.54, 1.807) is 13.0 Å². The number of sulfonamides is 1. The first kappa shape index (κ1) is 18.5. The van der Waals surface area contributed by atoms with Gasteiger partial charge in [-0.1, -0.05) is 11.6 Å². The summed E-state index contributed by atoms with van der Waals surface area (Å²) in [6, 6.07) is 2.80. The van der Waals surface area contributed by atoms with Crippen LogP contribution in [0, 0.1) is 0 Å². The van der Waals surface area contributed by atoms with Crippen LogP contribution in [0.3, 0.4) is 0 Å². The minimum atomic E-state index is -3.60. The number of ether oxygens (including phenoxy) is 1. The van der Waals surface area contributed by atoms with Crippen molar-refractivity contribution in [2.24, 2.45) is 5.73 Å². The van der Waals surface area contributed by atoms with E-state index in [1.807, 2.05) is 6.92 Å². The Morgan fingerprint density at radius 1 is 1.52 bits per heavy atom. The van der Waals surface area contributed by atoms with E-state index >= 15 is 0 Å². The molecule has 2 N–H and O–H groups in total. The Morgan fingerprint density at radius 2 is 2.14 bits per heavy atom. The third kappa shape index (κ3) is 3.46. The lowest BCUT2D eigenvalue weighted by atomic mass is 10.1. The van der Waals surface area contributed by atoms with Crippen LogP contribution in [0.25, 0.3) is 0 Å². The summed E-state index contributed by atoms with van der Waals surface area (Å²) in [5.74, 6) is 0.590. The van der Waals surface area contributed by atoms with Crippen LogP contribution in [0.1, 0.15) is 19.4 Å². The van der Waals surface area contributed by atoms with Crippen molar-refractivity contribution in [3.8, 4) is 5.75 Å². The van der Waals surface area contributed by atoms with E-state index in [2.05, 4.69) is 0 Å². The molecule has 0 amide bonds. The molecule has 0 aliphatic carbocycles. The highest BCUT2D eigenvalue weighted by molar-refractivity contribution is 7.89. The van der Waals surface area contributed by atoms with Crippen LogP contribution < -0.4 is 10.5 Å². The van der Waals surface area contributed by atoms with Crippen molar-refractivity contribution in [2.75, 3.05) is 13.6 Å². The molecule has 2 unspecified atom stereocenters. The van der Waals surface area contributed by atoms with Crippen molar-refractivity contribution in [1.82, 2.24) is 4.31 Å². The summed E-state index contributed by atoms with van der Waals surface area (Å²) in [4.78, 5) is 0.182. The largest absolute Gasteiger partial charge is 0.489 e. The molecule has 8 heteroatoms. The average molecular weight is 355 g/mol. The fraction of sp³-hybridized carbons (Fsp3) is 0.538. The van der Waals surface area contributed by atoms with Crippen LogP contribution in [0.15, 0.2) is 17.0 Å².